The first kappa shape index (κ1) is 13.3. The van der Waals surface area contributed by atoms with Crippen LogP contribution in [0.3, 0.4) is 0 Å². The van der Waals surface area contributed by atoms with Crippen molar-refractivity contribution in [2.24, 2.45) is 0 Å². The van der Waals surface area contributed by atoms with Crippen LogP contribution in [0.1, 0.15) is 18.9 Å². The second kappa shape index (κ2) is 4.85. The second-order valence-corrected chi connectivity index (χ2v) is 6.77. The van der Waals surface area contributed by atoms with E-state index in [4.69, 9.17) is 10.5 Å². The average molecular weight is 273 g/mol. The van der Waals surface area contributed by atoms with E-state index in [1.54, 1.807) is 6.92 Å². The van der Waals surface area contributed by atoms with Crippen LogP contribution in [0.5, 0.6) is 0 Å². The van der Waals surface area contributed by atoms with Gasteiger partial charge in [0.05, 0.1) is 17.1 Å². The van der Waals surface area contributed by atoms with Crippen molar-refractivity contribution in [2.75, 3.05) is 12.3 Å². The highest BCUT2D eigenvalue weighted by molar-refractivity contribution is 7.91. The molecule has 1 aromatic carbocycles. The summed E-state index contributed by atoms with van der Waals surface area (Å²) in [5, 5.41) is -0.498. The molecule has 4 nitrogen and oxygen atoms in total. The number of benzene rings is 1. The van der Waals surface area contributed by atoms with E-state index in [9.17, 15) is 12.8 Å². The summed E-state index contributed by atoms with van der Waals surface area (Å²) >= 11 is 0. The van der Waals surface area contributed by atoms with Crippen LogP contribution >= 0.6 is 0 Å². The van der Waals surface area contributed by atoms with E-state index in [1.165, 1.54) is 12.1 Å². The van der Waals surface area contributed by atoms with Crippen LogP contribution < -0.4 is 5.73 Å². The quantitative estimate of drug-likeness (QED) is 0.847. The zero-order valence-corrected chi connectivity index (χ0v) is 10.9. The zero-order chi connectivity index (χ0) is 13.3. The number of hydrogen-bond donors (Lipinski definition) is 1. The fraction of sp³-hybridized carbons (Fsp3) is 0.500. The third kappa shape index (κ3) is 2.64. The van der Waals surface area contributed by atoms with Crippen LogP contribution in [-0.2, 0) is 20.3 Å². The second-order valence-electron chi connectivity index (χ2n) is 4.55. The van der Waals surface area contributed by atoms with Crippen molar-refractivity contribution in [3.63, 3.8) is 0 Å². The van der Waals surface area contributed by atoms with E-state index in [0.29, 0.717) is 18.6 Å². The minimum Gasteiger partial charge on any atom is -0.398 e. The van der Waals surface area contributed by atoms with Crippen LogP contribution in [0, 0.1) is 5.82 Å². The summed E-state index contributed by atoms with van der Waals surface area (Å²) in [5.41, 5.74) is 6.24. The summed E-state index contributed by atoms with van der Waals surface area (Å²) in [7, 11) is -3.33. The van der Waals surface area contributed by atoms with Crippen molar-refractivity contribution < 1.29 is 17.5 Å². The normalized spacial score (nSPS) is 24.3. The van der Waals surface area contributed by atoms with Crippen molar-refractivity contribution in [1.82, 2.24) is 0 Å². The molecule has 2 atom stereocenters. The van der Waals surface area contributed by atoms with E-state index in [0.717, 1.165) is 6.07 Å². The van der Waals surface area contributed by atoms with Gasteiger partial charge in [-0.1, -0.05) is 6.07 Å². The maximum Gasteiger partial charge on any atom is 0.159 e. The highest BCUT2D eigenvalue weighted by Gasteiger charge is 2.35. The van der Waals surface area contributed by atoms with Gasteiger partial charge in [-0.3, -0.25) is 0 Å². The van der Waals surface area contributed by atoms with Gasteiger partial charge in [-0.15, -0.1) is 0 Å². The van der Waals surface area contributed by atoms with Gasteiger partial charge >= 0.3 is 0 Å². The Morgan fingerprint density at radius 1 is 1.50 bits per heavy atom. The molecule has 0 spiro atoms. The number of sulfone groups is 1. The lowest BCUT2D eigenvalue weighted by Gasteiger charge is -2.15. The molecular weight excluding hydrogens is 257 g/mol. The lowest BCUT2D eigenvalue weighted by Crippen LogP contribution is -2.29. The Morgan fingerprint density at radius 2 is 2.22 bits per heavy atom. The van der Waals surface area contributed by atoms with E-state index in [2.05, 4.69) is 0 Å². The van der Waals surface area contributed by atoms with Gasteiger partial charge in [-0.25, -0.2) is 12.8 Å². The molecule has 1 saturated heterocycles. The first-order valence-corrected chi connectivity index (χ1v) is 7.49. The van der Waals surface area contributed by atoms with Crippen LogP contribution in [0.25, 0.3) is 0 Å². The topological polar surface area (TPSA) is 69.4 Å². The molecule has 18 heavy (non-hydrogen) atoms. The van der Waals surface area contributed by atoms with Crippen LogP contribution in [-0.4, -0.2) is 26.4 Å². The van der Waals surface area contributed by atoms with E-state index < -0.39 is 20.9 Å². The molecule has 2 unspecified atom stereocenters. The molecule has 1 aliphatic heterocycles. The van der Waals surface area contributed by atoms with Crippen molar-refractivity contribution in [1.29, 1.82) is 0 Å². The molecule has 2 N–H and O–H groups in total. The SMILES string of the molecule is CC1OCCC1S(=O)(=O)Cc1ccc(F)cc1N. The number of halogens is 1. The molecule has 1 fully saturated rings. The molecule has 0 aliphatic carbocycles. The van der Waals surface area contributed by atoms with Crippen LogP contribution in [0.4, 0.5) is 10.1 Å². The predicted octanol–water partition coefficient (Wildman–Crippen LogP) is 1.50. The Balaban J connectivity index is 2.22. The Hall–Kier alpha value is -1.14. The Morgan fingerprint density at radius 3 is 2.78 bits per heavy atom. The molecule has 0 radical (unpaired) electrons. The molecule has 0 bridgehead atoms. The molecule has 0 amide bonds. The molecule has 100 valence electrons. The third-order valence-corrected chi connectivity index (χ3v) is 5.49. The number of nitrogens with two attached hydrogens (primary N) is 1. The number of anilines is 1. The zero-order valence-electron chi connectivity index (χ0n) is 10.1. The van der Waals surface area contributed by atoms with Gasteiger partial charge in [0.1, 0.15) is 5.82 Å². The van der Waals surface area contributed by atoms with E-state index >= 15 is 0 Å². The van der Waals surface area contributed by atoms with Gasteiger partial charge in [0, 0.05) is 12.3 Å². The Bertz CT molecular complexity index is 544. The molecule has 0 saturated carbocycles. The molecule has 6 heteroatoms. The number of nitrogen functional groups attached to an aromatic ring is 1. The van der Waals surface area contributed by atoms with Gasteiger partial charge in [0.2, 0.25) is 0 Å². The highest BCUT2D eigenvalue weighted by atomic mass is 32.2. The molecule has 0 aromatic heterocycles. The summed E-state index contributed by atoms with van der Waals surface area (Å²) in [6, 6.07) is 3.78. The van der Waals surface area contributed by atoms with Gasteiger partial charge in [0.15, 0.2) is 9.84 Å². The smallest absolute Gasteiger partial charge is 0.159 e. The van der Waals surface area contributed by atoms with Crippen LogP contribution in [0.15, 0.2) is 18.2 Å². The number of rotatable bonds is 3. The minimum absolute atomic E-state index is 0.169. The van der Waals surface area contributed by atoms with E-state index in [-0.39, 0.29) is 17.5 Å². The van der Waals surface area contributed by atoms with Crippen molar-refractivity contribution in [3.05, 3.63) is 29.6 Å². The highest BCUT2D eigenvalue weighted by Crippen LogP contribution is 2.26. The molecule has 1 heterocycles. The largest absolute Gasteiger partial charge is 0.398 e. The summed E-state index contributed by atoms with van der Waals surface area (Å²) < 4.78 is 42.6. The lowest BCUT2D eigenvalue weighted by molar-refractivity contribution is 0.126. The van der Waals surface area contributed by atoms with Crippen molar-refractivity contribution in [3.8, 4) is 0 Å². The number of hydrogen-bond acceptors (Lipinski definition) is 4. The number of ether oxygens (including phenoxy) is 1. The maximum absolute atomic E-state index is 12.9. The van der Waals surface area contributed by atoms with E-state index in [1.807, 2.05) is 0 Å². The predicted molar refractivity (Wildman–Crippen MR) is 67.3 cm³/mol. The summed E-state index contributed by atoms with van der Waals surface area (Å²) in [5.74, 6) is -0.636. The van der Waals surface area contributed by atoms with Gasteiger partial charge in [-0.2, -0.15) is 0 Å². The summed E-state index contributed by atoms with van der Waals surface area (Å²) in [6.07, 6.45) is 0.210. The van der Waals surface area contributed by atoms with Crippen molar-refractivity contribution in [2.45, 2.75) is 30.5 Å². The van der Waals surface area contributed by atoms with Gasteiger partial charge in [-0.05, 0) is 31.0 Å². The summed E-state index contributed by atoms with van der Waals surface area (Å²) in [4.78, 5) is 0. The fourth-order valence-corrected chi connectivity index (χ4v) is 4.23. The van der Waals surface area contributed by atoms with Gasteiger partial charge in [0.25, 0.3) is 0 Å². The maximum atomic E-state index is 12.9. The Labute approximate surface area is 106 Å². The Kier molecular flexibility index (Phi) is 3.59. The van der Waals surface area contributed by atoms with Crippen LogP contribution in [0.2, 0.25) is 0 Å². The molecule has 2 rings (SSSR count). The molecule has 1 aliphatic rings. The lowest BCUT2D eigenvalue weighted by atomic mass is 10.2. The minimum atomic E-state index is -3.33. The molecular formula is C12H16FNO3S. The summed E-state index contributed by atoms with van der Waals surface area (Å²) in [6.45, 7) is 2.22. The fourth-order valence-electron chi connectivity index (χ4n) is 2.20. The monoisotopic (exact) mass is 273 g/mol. The average Bonchev–Trinajstić information content (AvgIpc) is 2.69. The van der Waals surface area contributed by atoms with Crippen molar-refractivity contribution >= 4 is 15.5 Å². The first-order chi connectivity index (χ1) is 8.40. The van der Waals surface area contributed by atoms with Gasteiger partial charge < -0.3 is 10.5 Å². The first-order valence-electron chi connectivity index (χ1n) is 5.77. The standard InChI is InChI=1S/C12H16FNO3S/c1-8-12(4-5-17-8)18(15,16)7-9-2-3-10(13)6-11(9)14/h2-3,6,8,12H,4-5,7,14H2,1H3. The molecule has 1 aromatic rings. The third-order valence-electron chi connectivity index (χ3n) is 3.23.